The van der Waals surface area contributed by atoms with Crippen molar-refractivity contribution in [2.24, 2.45) is 0 Å². The lowest BCUT2D eigenvalue weighted by atomic mass is 10.1. The maximum atomic E-state index is 10.6. The number of ether oxygens (including phenoxy) is 4. The van der Waals surface area contributed by atoms with Gasteiger partial charge in [0.25, 0.3) is 0 Å². The average Bonchev–Trinajstić information content (AvgIpc) is 2.53. The van der Waals surface area contributed by atoms with Gasteiger partial charge in [-0.25, -0.2) is 0 Å². The zero-order valence-electron chi connectivity index (χ0n) is 12.0. The molecule has 21 heavy (non-hydrogen) atoms. The Bertz CT molecular complexity index is 470. The molecule has 1 aromatic carbocycles. The molecule has 0 bridgehead atoms. The van der Waals surface area contributed by atoms with E-state index in [0.717, 1.165) is 0 Å². The van der Waals surface area contributed by atoms with E-state index in [4.69, 9.17) is 24.2 Å². The number of rotatable bonds is 11. The summed E-state index contributed by atoms with van der Waals surface area (Å²) in [6.07, 6.45) is 0.692. The SMILES string of the molecule is COCCOCCOCCOc1ccc(C=O)cc1C#N. The molecule has 0 amide bonds. The van der Waals surface area contributed by atoms with Crippen LogP contribution in [0.4, 0.5) is 0 Å². The van der Waals surface area contributed by atoms with Crippen LogP contribution in [0.2, 0.25) is 0 Å². The van der Waals surface area contributed by atoms with Crippen molar-refractivity contribution in [1.29, 1.82) is 5.26 Å². The zero-order chi connectivity index (χ0) is 15.3. The molecule has 1 rings (SSSR count). The van der Waals surface area contributed by atoms with Crippen LogP contribution in [0.25, 0.3) is 0 Å². The van der Waals surface area contributed by atoms with Gasteiger partial charge in [0, 0.05) is 12.7 Å². The molecular weight excluding hydrogens is 274 g/mol. The Labute approximate surface area is 124 Å². The van der Waals surface area contributed by atoms with Crippen LogP contribution in [-0.2, 0) is 14.2 Å². The van der Waals surface area contributed by atoms with E-state index in [2.05, 4.69) is 0 Å². The molecule has 6 nitrogen and oxygen atoms in total. The summed E-state index contributed by atoms with van der Waals surface area (Å²) in [7, 11) is 1.62. The Balaban J connectivity index is 2.18. The third kappa shape index (κ3) is 6.86. The van der Waals surface area contributed by atoms with E-state index in [1.165, 1.54) is 6.07 Å². The second-order valence-electron chi connectivity index (χ2n) is 4.05. The second kappa shape index (κ2) is 10.8. The molecule has 0 atom stereocenters. The summed E-state index contributed by atoms with van der Waals surface area (Å²) in [5.41, 5.74) is 0.783. The van der Waals surface area contributed by atoms with Gasteiger partial charge in [0.15, 0.2) is 0 Å². The fourth-order valence-corrected chi connectivity index (χ4v) is 1.51. The lowest BCUT2D eigenvalue weighted by molar-refractivity contribution is 0.0179. The molecular formula is C15H19NO5. The Kier molecular flexibility index (Phi) is 8.80. The fourth-order valence-electron chi connectivity index (χ4n) is 1.51. The lowest BCUT2D eigenvalue weighted by Crippen LogP contribution is -2.12. The van der Waals surface area contributed by atoms with Crippen LogP contribution in [-0.4, -0.2) is 53.0 Å². The molecule has 0 aliphatic heterocycles. The third-order valence-corrected chi connectivity index (χ3v) is 2.55. The number of nitrogens with zero attached hydrogens (tertiary/aromatic N) is 1. The molecule has 114 valence electrons. The molecule has 0 aromatic heterocycles. The molecule has 0 unspecified atom stereocenters. The number of methoxy groups -OCH3 is 1. The first kappa shape index (κ1) is 17.1. The summed E-state index contributed by atoms with van der Waals surface area (Å²) < 4.78 is 20.8. The van der Waals surface area contributed by atoms with Crippen molar-refractivity contribution < 1.29 is 23.7 Å². The van der Waals surface area contributed by atoms with Gasteiger partial charge in [0.2, 0.25) is 0 Å². The number of hydrogen-bond acceptors (Lipinski definition) is 6. The van der Waals surface area contributed by atoms with Crippen molar-refractivity contribution in [2.75, 3.05) is 46.8 Å². The van der Waals surface area contributed by atoms with E-state index >= 15 is 0 Å². The van der Waals surface area contributed by atoms with Crippen molar-refractivity contribution >= 4 is 6.29 Å². The van der Waals surface area contributed by atoms with Crippen LogP contribution in [0.1, 0.15) is 15.9 Å². The summed E-state index contributed by atoms with van der Waals surface area (Å²) >= 11 is 0. The van der Waals surface area contributed by atoms with Gasteiger partial charge in [-0.3, -0.25) is 4.79 Å². The highest BCUT2D eigenvalue weighted by Crippen LogP contribution is 2.18. The van der Waals surface area contributed by atoms with Gasteiger partial charge in [-0.2, -0.15) is 5.26 Å². The highest BCUT2D eigenvalue weighted by molar-refractivity contribution is 5.76. The van der Waals surface area contributed by atoms with Crippen molar-refractivity contribution in [3.8, 4) is 11.8 Å². The number of aldehydes is 1. The fraction of sp³-hybridized carbons (Fsp3) is 0.467. The molecule has 0 N–H and O–H groups in total. The highest BCUT2D eigenvalue weighted by Gasteiger charge is 2.04. The Morgan fingerprint density at radius 3 is 2.38 bits per heavy atom. The summed E-state index contributed by atoms with van der Waals surface area (Å²) in [6.45, 7) is 2.81. The van der Waals surface area contributed by atoms with Gasteiger partial charge >= 0.3 is 0 Å². The first-order valence-corrected chi connectivity index (χ1v) is 6.58. The molecule has 1 aromatic rings. The monoisotopic (exact) mass is 293 g/mol. The van der Waals surface area contributed by atoms with Crippen molar-refractivity contribution in [3.63, 3.8) is 0 Å². The molecule has 0 aliphatic rings. The predicted molar refractivity (Wildman–Crippen MR) is 75.6 cm³/mol. The Morgan fingerprint density at radius 2 is 1.76 bits per heavy atom. The molecule has 0 heterocycles. The molecule has 0 spiro atoms. The first-order chi connectivity index (χ1) is 10.3. The van der Waals surface area contributed by atoms with Gasteiger partial charge in [-0.15, -0.1) is 0 Å². The van der Waals surface area contributed by atoms with Gasteiger partial charge in [0.1, 0.15) is 24.7 Å². The molecule has 0 aliphatic carbocycles. The molecule has 0 radical (unpaired) electrons. The molecule has 0 saturated carbocycles. The number of carbonyl (C=O) groups is 1. The predicted octanol–water partition coefficient (Wildman–Crippen LogP) is 1.43. The van der Waals surface area contributed by atoms with Crippen LogP contribution >= 0.6 is 0 Å². The van der Waals surface area contributed by atoms with Gasteiger partial charge in [0.05, 0.1) is 38.6 Å². The van der Waals surface area contributed by atoms with E-state index in [1.807, 2.05) is 6.07 Å². The number of nitriles is 1. The summed E-state index contributed by atoms with van der Waals surface area (Å²) in [5.74, 6) is 0.447. The van der Waals surface area contributed by atoms with Crippen molar-refractivity contribution in [1.82, 2.24) is 0 Å². The normalized spacial score (nSPS) is 10.1. The average molecular weight is 293 g/mol. The minimum Gasteiger partial charge on any atom is -0.490 e. The first-order valence-electron chi connectivity index (χ1n) is 6.58. The van der Waals surface area contributed by atoms with E-state index in [9.17, 15) is 4.79 Å². The molecule has 6 heteroatoms. The van der Waals surface area contributed by atoms with Crippen LogP contribution in [0.3, 0.4) is 0 Å². The molecule has 0 fully saturated rings. The number of benzene rings is 1. The second-order valence-corrected chi connectivity index (χ2v) is 4.05. The van der Waals surface area contributed by atoms with Gasteiger partial charge in [-0.1, -0.05) is 0 Å². The summed E-state index contributed by atoms with van der Waals surface area (Å²) in [4.78, 5) is 10.6. The minimum atomic E-state index is 0.327. The maximum absolute atomic E-state index is 10.6. The quantitative estimate of drug-likeness (QED) is 0.453. The van der Waals surface area contributed by atoms with Crippen LogP contribution in [0.15, 0.2) is 18.2 Å². The van der Waals surface area contributed by atoms with Crippen LogP contribution < -0.4 is 4.74 Å². The lowest BCUT2D eigenvalue weighted by Gasteiger charge is -2.09. The van der Waals surface area contributed by atoms with E-state index in [0.29, 0.717) is 62.8 Å². The van der Waals surface area contributed by atoms with E-state index in [1.54, 1.807) is 19.2 Å². The maximum Gasteiger partial charge on any atom is 0.150 e. The van der Waals surface area contributed by atoms with Crippen molar-refractivity contribution in [2.45, 2.75) is 0 Å². The number of hydrogen-bond donors (Lipinski definition) is 0. The zero-order valence-corrected chi connectivity index (χ0v) is 12.0. The van der Waals surface area contributed by atoms with Crippen LogP contribution in [0, 0.1) is 11.3 Å². The Morgan fingerprint density at radius 1 is 1.10 bits per heavy atom. The van der Waals surface area contributed by atoms with Crippen molar-refractivity contribution in [3.05, 3.63) is 29.3 Å². The minimum absolute atomic E-state index is 0.327. The largest absolute Gasteiger partial charge is 0.490 e. The van der Waals surface area contributed by atoms with E-state index < -0.39 is 0 Å². The third-order valence-electron chi connectivity index (χ3n) is 2.55. The van der Waals surface area contributed by atoms with Gasteiger partial charge < -0.3 is 18.9 Å². The highest BCUT2D eigenvalue weighted by atomic mass is 16.6. The summed E-state index contributed by atoms with van der Waals surface area (Å²) in [6, 6.07) is 6.70. The van der Waals surface area contributed by atoms with Crippen LogP contribution in [0.5, 0.6) is 5.75 Å². The summed E-state index contributed by atoms with van der Waals surface area (Å²) in [5, 5.41) is 8.98. The molecule has 0 saturated heterocycles. The Hall–Kier alpha value is -1.94. The topological polar surface area (TPSA) is 77.8 Å². The smallest absolute Gasteiger partial charge is 0.150 e. The standard InChI is InChI=1S/C15H19NO5/c1-18-4-5-19-6-7-20-8-9-21-15-3-2-13(12-17)10-14(15)11-16/h2-3,10,12H,4-9H2,1H3. The van der Waals surface area contributed by atoms with Gasteiger partial charge in [-0.05, 0) is 18.2 Å². The van der Waals surface area contributed by atoms with E-state index in [-0.39, 0.29) is 0 Å². The number of carbonyl (C=O) groups excluding carboxylic acids is 1.